The Kier molecular flexibility index (Phi) is 2.93. The summed E-state index contributed by atoms with van der Waals surface area (Å²) in [6, 6.07) is 18.9. The largest absolute Gasteiger partial charge is 0.308 e. The van der Waals surface area contributed by atoms with E-state index < -0.39 is 17.9 Å². The summed E-state index contributed by atoms with van der Waals surface area (Å²) in [5.41, 5.74) is 3.63. The van der Waals surface area contributed by atoms with Crippen LogP contribution in [0.5, 0.6) is 0 Å². The van der Waals surface area contributed by atoms with Crippen LogP contribution in [-0.2, 0) is 6.42 Å². The van der Waals surface area contributed by atoms with Gasteiger partial charge in [-0.25, -0.2) is 0 Å². The van der Waals surface area contributed by atoms with E-state index >= 15 is 0 Å². The van der Waals surface area contributed by atoms with Crippen molar-refractivity contribution < 1.29 is 4.39 Å². The summed E-state index contributed by atoms with van der Waals surface area (Å²) in [6.07, 6.45) is 0.687. The molecular formula is C19H12FN3. The molecule has 0 bridgehead atoms. The highest BCUT2D eigenvalue weighted by Crippen LogP contribution is 2.50. The van der Waals surface area contributed by atoms with Crippen molar-refractivity contribution in [2.75, 3.05) is 4.90 Å². The standard InChI is InChI=1S/C19H12FN3/c20-19-16(11-22)15(10-21)18-14-7-3-1-5-12(14)9-13-6-2-4-8-17(13)23(18)19/h1-8,15,18H,9H2/t15-,18+/m1/s1. The van der Waals surface area contributed by atoms with Crippen LogP contribution in [0, 0.1) is 28.6 Å². The van der Waals surface area contributed by atoms with Gasteiger partial charge in [0.25, 0.3) is 0 Å². The van der Waals surface area contributed by atoms with Crippen molar-refractivity contribution in [2.45, 2.75) is 12.5 Å². The molecule has 0 saturated heterocycles. The fraction of sp³-hybridized carbons (Fsp3) is 0.158. The predicted molar refractivity (Wildman–Crippen MR) is 83.8 cm³/mol. The lowest BCUT2D eigenvalue weighted by molar-refractivity contribution is 0.560. The summed E-state index contributed by atoms with van der Waals surface area (Å²) in [4.78, 5) is 1.52. The first-order valence-corrected chi connectivity index (χ1v) is 7.40. The first-order valence-electron chi connectivity index (χ1n) is 7.40. The van der Waals surface area contributed by atoms with Crippen LogP contribution >= 0.6 is 0 Å². The van der Waals surface area contributed by atoms with Gasteiger partial charge in [-0.15, -0.1) is 0 Å². The molecule has 0 aliphatic carbocycles. The molecule has 0 aromatic heterocycles. The monoisotopic (exact) mass is 301 g/mol. The van der Waals surface area contributed by atoms with Crippen molar-refractivity contribution in [1.29, 1.82) is 10.5 Å². The van der Waals surface area contributed by atoms with E-state index in [4.69, 9.17) is 0 Å². The van der Waals surface area contributed by atoms with E-state index in [1.807, 2.05) is 54.6 Å². The van der Waals surface area contributed by atoms with Gasteiger partial charge in [-0.05, 0) is 29.2 Å². The van der Waals surface area contributed by atoms with Crippen LogP contribution in [0.15, 0.2) is 60.1 Å². The maximum absolute atomic E-state index is 14.9. The molecule has 0 radical (unpaired) electrons. The molecule has 0 spiro atoms. The first kappa shape index (κ1) is 13.5. The van der Waals surface area contributed by atoms with Crippen molar-refractivity contribution in [3.63, 3.8) is 0 Å². The predicted octanol–water partition coefficient (Wildman–Crippen LogP) is 4.00. The number of rotatable bonds is 0. The molecule has 0 N–H and O–H groups in total. The van der Waals surface area contributed by atoms with Crippen LogP contribution < -0.4 is 4.90 Å². The Labute approximate surface area is 133 Å². The quantitative estimate of drug-likeness (QED) is 0.691. The van der Waals surface area contributed by atoms with Crippen molar-refractivity contribution in [3.8, 4) is 12.1 Å². The number of hydrogen-bond acceptors (Lipinski definition) is 3. The van der Waals surface area contributed by atoms with Gasteiger partial charge in [0.1, 0.15) is 17.6 Å². The Bertz CT molecular complexity index is 917. The smallest absolute Gasteiger partial charge is 0.209 e. The molecule has 0 saturated carbocycles. The Morgan fingerprint density at radius 2 is 1.70 bits per heavy atom. The van der Waals surface area contributed by atoms with Gasteiger partial charge in [-0.1, -0.05) is 42.5 Å². The Morgan fingerprint density at radius 3 is 2.43 bits per heavy atom. The summed E-state index contributed by atoms with van der Waals surface area (Å²) < 4.78 is 14.9. The third-order valence-electron chi connectivity index (χ3n) is 4.60. The highest BCUT2D eigenvalue weighted by molar-refractivity contribution is 5.68. The van der Waals surface area contributed by atoms with Crippen LogP contribution in [0.3, 0.4) is 0 Å². The molecule has 3 nitrogen and oxygen atoms in total. The normalized spacial score (nSPS) is 21.6. The van der Waals surface area contributed by atoms with Gasteiger partial charge in [0.05, 0.1) is 12.1 Å². The van der Waals surface area contributed by atoms with Crippen molar-refractivity contribution >= 4 is 5.69 Å². The minimum Gasteiger partial charge on any atom is -0.308 e. The molecule has 2 aliphatic rings. The highest BCUT2D eigenvalue weighted by Gasteiger charge is 2.46. The first-order chi connectivity index (χ1) is 11.3. The lowest BCUT2D eigenvalue weighted by atomic mass is 9.88. The van der Waals surface area contributed by atoms with E-state index in [0.29, 0.717) is 6.42 Å². The molecule has 2 aliphatic heterocycles. The number of fused-ring (bicyclic) bond motifs is 5. The van der Waals surface area contributed by atoms with Gasteiger partial charge in [0, 0.05) is 5.69 Å². The van der Waals surface area contributed by atoms with Crippen LogP contribution in [0.1, 0.15) is 22.7 Å². The third-order valence-corrected chi connectivity index (χ3v) is 4.60. The van der Waals surface area contributed by atoms with Gasteiger partial charge in [-0.3, -0.25) is 0 Å². The molecule has 0 unspecified atom stereocenters. The van der Waals surface area contributed by atoms with E-state index in [9.17, 15) is 14.9 Å². The molecule has 23 heavy (non-hydrogen) atoms. The second-order valence-corrected chi connectivity index (χ2v) is 5.74. The maximum atomic E-state index is 14.9. The number of nitrogens with zero attached hydrogens (tertiary/aromatic N) is 3. The van der Waals surface area contributed by atoms with E-state index in [1.54, 1.807) is 0 Å². The van der Waals surface area contributed by atoms with Gasteiger partial charge in [0.2, 0.25) is 5.95 Å². The van der Waals surface area contributed by atoms with E-state index in [0.717, 1.165) is 22.4 Å². The average Bonchev–Trinajstić information content (AvgIpc) is 2.78. The molecule has 2 aromatic carbocycles. The van der Waals surface area contributed by atoms with Crippen LogP contribution in [0.2, 0.25) is 0 Å². The molecule has 2 heterocycles. The topological polar surface area (TPSA) is 50.8 Å². The summed E-state index contributed by atoms with van der Waals surface area (Å²) in [7, 11) is 0. The zero-order chi connectivity index (χ0) is 16.0. The fourth-order valence-corrected chi connectivity index (χ4v) is 3.60. The van der Waals surface area contributed by atoms with Crippen molar-refractivity contribution in [1.82, 2.24) is 0 Å². The summed E-state index contributed by atoms with van der Waals surface area (Å²) in [6.45, 7) is 0. The van der Waals surface area contributed by atoms with Crippen molar-refractivity contribution in [2.24, 2.45) is 5.92 Å². The van der Waals surface area contributed by atoms with Crippen LogP contribution in [0.25, 0.3) is 0 Å². The summed E-state index contributed by atoms with van der Waals surface area (Å²) in [5.74, 6) is -1.40. The Hall–Kier alpha value is -3.11. The lowest BCUT2D eigenvalue weighted by Crippen LogP contribution is -2.25. The van der Waals surface area contributed by atoms with Crippen LogP contribution in [0.4, 0.5) is 10.1 Å². The number of nitriles is 2. The number of hydrogen-bond donors (Lipinski definition) is 0. The zero-order valence-corrected chi connectivity index (χ0v) is 12.2. The Morgan fingerprint density at radius 1 is 1.00 bits per heavy atom. The molecular weight excluding hydrogens is 289 g/mol. The Balaban J connectivity index is 2.05. The van der Waals surface area contributed by atoms with Crippen LogP contribution in [-0.4, -0.2) is 0 Å². The molecule has 0 amide bonds. The number of benzene rings is 2. The van der Waals surface area contributed by atoms with Gasteiger partial charge in [-0.2, -0.15) is 14.9 Å². The molecule has 110 valence electrons. The van der Waals surface area contributed by atoms with Gasteiger partial charge < -0.3 is 4.90 Å². The lowest BCUT2D eigenvalue weighted by Gasteiger charge is -2.28. The average molecular weight is 301 g/mol. The SMILES string of the molecule is N#CC1=C(F)N2c3ccccc3Cc3ccccc3[C@H]2[C@@H]1C#N. The van der Waals surface area contributed by atoms with Crippen molar-refractivity contribution in [3.05, 3.63) is 76.7 Å². The van der Waals surface area contributed by atoms with E-state index in [1.165, 1.54) is 4.90 Å². The molecule has 2 atom stereocenters. The molecule has 4 rings (SSSR count). The minimum atomic E-state index is -0.799. The number of para-hydroxylation sites is 1. The summed E-state index contributed by atoms with van der Waals surface area (Å²) in [5, 5.41) is 18.9. The van der Waals surface area contributed by atoms with Gasteiger partial charge >= 0.3 is 0 Å². The molecule has 0 fully saturated rings. The third kappa shape index (κ3) is 1.79. The maximum Gasteiger partial charge on any atom is 0.209 e. The highest BCUT2D eigenvalue weighted by atomic mass is 19.1. The summed E-state index contributed by atoms with van der Waals surface area (Å²) >= 11 is 0. The van der Waals surface area contributed by atoms with Gasteiger partial charge in [0.15, 0.2) is 0 Å². The minimum absolute atomic E-state index is 0.0796. The number of anilines is 1. The number of halogens is 1. The second-order valence-electron chi connectivity index (χ2n) is 5.74. The van der Waals surface area contributed by atoms with E-state index in [-0.39, 0.29) is 5.57 Å². The molecule has 2 aromatic rings. The second kappa shape index (κ2) is 4.97. The zero-order valence-electron chi connectivity index (χ0n) is 12.2. The molecule has 4 heteroatoms. The van der Waals surface area contributed by atoms with E-state index in [2.05, 4.69) is 6.07 Å². The fourth-order valence-electron chi connectivity index (χ4n) is 3.60.